The summed E-state index contributed by atoms with van der Waals surface area (Å²) >= 11 is 0. The van der Waals surface area contributed by atoms with Crippen molar-refractivity contribution >= 4 is 28.0 Å². The van der Waals surface area contributed by atoms with E-state index in [-0.39, 0.29) is 35.7 Å². The molecule has 2 heterocycles. The molecule has 0 bridgehead atoms. The molecule has 1 unspecified atom stereocenters. The Kier molecular flexibility index (Phi) is 5.96. The van der Waals surface area contributed by atoms with E-state index in [1.807, 2.05) is 43.3 Å². The van der Waals surface area contributed by atoms with E-state index in [9.17, 15) is 9.59 Å². The average Bonchev–Trinajstić information content (AvgIpc) is 3.49. The summed E-state index contributed by atoms with van der Waals surface area (Å²) in [5.41, 5.74) is 1.72. The van der Waals surface area contributed by atoms with Crippen molar-refractivity contribution in [1.29, 1.82) is 0 Å². The minimum atomic E-state index is -0.390. The van der Waals surface area contributed by atoms with Crippen LogP contribution in [0.5, 0.6) is 11.5 Å². The Morgan fingerprint density at radius 1 is 1.21 bits per heavy atom. The molecule has 1 atom stereocenters. The third kappa shape index (κ3) is 4.23. The van der Waals surface area contributed by atoms with Gasteiger partial charge in [-0.05, 0) is 62.4 Å². The number of carbonyl (C=O) groups excluding carboxylic acids is 1. The van der Waals surface area contributed by atoms with Crippen LogP contribution in [0.2, 0.25) is 0 Å². The molecule has 5 rings (SSSR count). The molecular formula is C26H27N3O5. The van der Waals surface area contributed by atoms with Crippen molar-refractivity contribution in [2.24, 2.45) is 0 Å². The van der Waals surface area contributed by atoms with Gasteiger partial charge in [-0.1, -0.05) is 18.2 Å². The molecule has 1 N–H and O–H groups in total. The van der Waals surface area contributed by atoms with Crippen LogP contribution in [0.1, 0.15) is 44.2 Å². The van der Waals surface area contributed by atoms with Crippen LogP contribution < -0.4 is 20.3 Å². The lowest BCUT2D eigenvalue weighted by Gasteiger charge is -2.19. The highest BCUT2D eigenvalue weighted by Gasteiger charge is 2.20. The van der Waals surface area contributed by atoms with Gasteiger partial charge in [0.05, 0.1) is 25.6 Å². The molecular weight excluding hydrogens is 434 g/mol. The van der Waals surface area contributed by atoms with Gasteiger partial charge in [-0.3, -0.25) is 14.2 Å². The standard InChI is InChI=1S/C26H27N3O5/c1-16(17-11-12-21(22(13-17)32-2)33-18-7-3-4-8-18)28-23(30)14-29-15-27-24-19-9-5-6-10-20(19)34-25(24)26(29)31/h5-6,9-13,15-16,18H,3-4,7-8,14H2,1-2H3,(H,28,30). The Labute approximate surface area is 196 Å². The van der Waals surface area contributed by atoms with Crippen LogP contribution in [0, 0.1) is 0 Å². The van der Waals surface area contributed by atoms with Crippen LogP contribution in [-0.2, 0) is 11.3 Å². The number of benzene rings is 2. The summed E-state index contributed by atoms with van der Waals surface area (Å²) in [4.78, 5) is 29.9. The van der Waals surface area contributed by atoms with E-state index in [0.29, 0.717) is 22.6 Å². The second kappa shape index (κ2) is 9.21. The Bertz CT molecular complexity index is 1400. The van der Waals surface area contributed by atoms with Gasteiger partial charge >= 0.3 is 0 Å². The third-order valence-corrected chi connectivity index (χ3v) is 6.33. The van der Waals surface area contributed by atoms with Gasteiger partial charge in [0.2, 0.25) is 11.5 Å². The maximum Gasteiger partial charge on any atom is 0.297 e. The minimum Gasteiger partial charge on any atom is -0.493 e. The number of hydrogen-bond acceptors (Lipinski definition) is 6. The maximum atomic E-state index is 12.9. The number of ether oxygens (including phenoxy) is 2. The molecule has 0 spiro atoms. The number of amides is 1. The van der Waals surface area contributed by atoms with Gasteiger partial charge in [0.15, 0.2) is 11.5 Å². The highest BCUT2D eigenvalue weighted by atomic mass is 16.5. The van der Waals surface area contributed by atoms with Crippen molar-refractivity contribution in [2.45, 2.75) is 51.3 Å². The number of aromatic nitrogens is 2. The quantitative estimate of drug-likeness (QED) is 0.440. The van der Waals surface area contributed by atoms with Crippen LogP contribution >= 0.6 is 0 Å². The number of fused-ring (bicyclic) bond motifs is 3. The fraction of sp³-hybridized carbons (Fsp3) is 0.346. The van der Waals surface area contributed by atoms with Crippen LogP contribution in [0.15, 0.2) is 58.0 Å². The third-order valence-electron chi connectivity index (χ3n) is 6.33. The fourth-order valence-electron chi connectivity index (χ4n) is 4.49. The molecule has 8 heteroatoms. The molecule has 0 radical (unpaired) electrons. The molecule has 34 heavy (non-hydrogen) atoms. The van der Waals surface area contributed by atoms with Gasteiger partial charge < -0.3 is 19.2 Å². The van der Waals surface area contributed by atoms with E-state index < -0.39 is 0 Å². The first-order valence-electron chi connectivity index (χ1n) is 11.5. The minimum absolute atomic E-state index is 0.145. The lowest BCUT2D eigenvalue weighted by molar-refractivity contribution is -0.122. The first kappa shape index (κ1) is 22.0. The predicted octanol–water partition coefficient (Wildman–Crippen LogP) is 4.35. The molecule has 1 aliphatic rings. The summed E-state index contributed by atoms with van der Waals surface area (Å²) in [5.74, 6) is 1.05. The number of furan rings is 1. The monoisotopic (exact) mass is 461 g/mol. The van der Waals surface area contributed by atoms with Crippen molar-refractivity contribution in [3.05, 3.63) is 64.7 Å². The number of nitrogens with one attached hydrogen (secondary N) is 1. The van der Waals surface area contributed by atoms with E-state index in [4.69, 9.17) is 13.9 Å². The van der Waals surface area contributed by atoms with Gasteiger partial charge in [-0.25, -0.2) is 4.98 Å². The summed E-state index contributed by atoms with van der Waals surface area (Å²) in [6, 6.07) is 12.7. The summed E-state index contributed by atoms with van der Waals surface area (Å²) in [6.07, 6.45) is 6.12. The van der Waals surface area contributed by atoms with Crippen LogP contribution in [0.25, 0.3) is 22.1 Å². The first-order valence-corrected chi connectivity index (χ1v) is 11.5. The lowest BCUT2D eigenvalue weighted by atomic mass is 10.1. The Morgan fingerprint density at radius 3 is 2.79 bits per heavy atom. The highest BCUT2D eigenvalue weighted by molar-refractivity contribution is 6.01. The number of carbonyl (C=O) groups is 1. The van der Waals surface area contributed by atoms with Crippen LogP contribution in [0.3, 0.4) is 0 Å². The smallest absolute Gasteiger partial charge is 0.297 e. The SMILES string of the molecule is COc1cc(C(C)NC(=O)Cn2cnc3c(oc4ccccc43)c2=O)ccc1OC1CCCC1. The zero-order valence-corrected chi connectivity index (χ0v) is 19.2. The molecule has 8 nitrogen and oxygen atoms in total. The number of nitrogens with zero attached hydrogens (tertiary/aromatic N) is 2. The number of para-hydroxylation sites is 1. The fourth-order valence-corrected chi connectivity index (χ4v) is 4.49. The molecule has 4 aromatic rings. The zero-order chi connectivity index (χ0) is 23.7. The van der Waals surface area contributed by atoms with Gasteiger partial charge in [0.25, 0.3) is 5.56 Å². The van der Waals surface area contributed by atoms with Gasteiger partial charge in [-0.15, -0.1) is 0 Å². The predicted molar refractivity (Wildman–Crippen MR) is 128 cm³/mol. The summed E-state index contributed by atoms with van der Waals surface area (Å²) < 4.78 is 18.6. The summed E-state index contributed by atoms with van der Waals surface area (Å²) in [6.45, 7) is 1.72. The molecule has 2 aromatic carbocycles. The van der Waals surface area contributed by atoms with Crippen molar-refractivity contribution in [2.75, 3.05) is 7.11 Å². The van der Waals surface area contributed by atoms with E-state index in [1.54, 1.807) is 13.2 Å². The highest BCUT2D eigenvalue weighted by Crippen LogP contribution is 2.33. The second-order valence-electron chi connectivity index (χ2n) is 8.68. The van der Waals surface area contributed by atoms with Crippen molar-refractivity contribution < 1.29 is 18.7 Å². The molecule has 1 amide bonds. The van der Waals surface area contributed by atoms with Crippen LogP contribution in [-0.4, -0.2) is 28.7 Å². The molecule has 2 aromatic heterocycles. The largest absolute Gasteiger partial charge is 0.493 e. The van der Waals surface area contributed by atoms with Gasteiger partial charge in [0, 0.05) is 5.39 Å². The Balaban J connectivity index is 1.29. The number of hydrogen-bond donors (Lipinski definition) is 1. The van der Waals surface area contributed by atoms with Crippen molar-refractivity contribution in [3.63, 3.8) is 0 Å². The first-order chi connectivity index (χ1) is 16.5. The molecule has 1 saturated carbocycles. The molecule has 0 saturated heterocycles. The number of rotatable bonds is 7. The van der Waals surface area contributed by atoms with Crippen molar-refractivity contribution in [3.8, 4) is 11.5 Å². The van der Waals surface area contributed by atoms with Crippen molar-refractivity contribution in [1.82, 2.24) is 14.9 Å². The maximum absolute atomic E-state index is 12.9. The van der Waals surface area contributed by atoms with Gasteiger partial charge in [-0.2, -0.15) is 0 Å². The molecule has 0 aliphatic heterocycles. The summed E-state index contributed by atoms with van der Waals surface area (Å²) in [5, 5.41) is 3.71. The lowest BCUT2D eigenvalue weighted by Crippen LogP contribution is -2.33. The Morgan fingerprint density at radius 2 is 2.00 bits per heavy atom. The van der Waals surface area contributed by atoms with Crippen LogP contribution in [0.4, 0.5) is 0 Å². The molecule has 1 fully saturated rings. The average molecular weight is 462 g/mol. The van der Waals surface area contributed by atoms with E-state index in [2.05, 4.69) is 10.3 Å². The zero-order valence-electron chi connectivity index (χ0n) is 19.2. The van der Waals surface area contributed by atoms with E-state index >= 15 is 0 Å². The van der Waals surface area contributed by atoms with Gasteiger partial charge in [0.1, 0.15) is 17.6 Å². The summed E-state index contributed by atoms with van der Waals surface area (Å²) in [7, 11) is 1.61. The topological polar surface area (TPSA) is 95.6 Å². The second-order valence-corrected chi connectivity index (χ2v) is 8.68. The molecule has 176 valence electrons. The van der Waals surface area contributed by atoms with E-state index in [1.165, 1.54) is 23.7 Å². The Hall–Kier alpha value is -3.81. The molecule has 1 aliphatic carbocycles. The normalized spacial score (nSPS) is 15.0. The number of methoxy groups -OCH3 is 1. The van der Waals surface area contributed by atoms with E-state index in [0.717, 1.165) is 23.8 Å².